The van der Waals surface area contributed by atoms with Gasteiger partial charge in [0.15, 0.2) is 0 Å². The molecule has 1 rings (SSSR count). The molecule has 0 unspecified atom stereocenters. The molecule has 0 aliphatic carbocycles. The lowest BCUT2D eigenvalue weighted by Gasteiger charge is -2.03. The van der Waals surface area contributed by atoms with E-state index in [0.29, 0.717) is 12.3 Å². The van der Waals surface area contributed by atoms with Crippen molar-refractivity contribution in [3.8, 4) is 0 Å². The van der Waals surface area contributed by atoms with Crippen molar-refractivity contribution in [3.63, 3.8) is 0 Å². The van der Waals surface area contributed by atoms with Crippen LogP contribution in [-0.4, -0.2) is 17.6 Å². The van der Waals surface area contributed by atoms with Crippen LogP contribution in [0.2, 0.25) is 0 Å². The molecule has 23 heavy (non-hydrogen) atoms. The van der Waals surface area contributed by atoms with E-state index in [1.165, 1.54) is 32.1 Å². The van der Waals surface area contributed by atoms with Gasteiger partial charge in [0.1, 0.15) is 5.69 Å². The first-order valence-corrected chi connectivity index (χ1v) is 9.13. The van der Waals surface area contributed by atoms with Crippen LogP contribution in [0, 0.1) is 13.8 Å². The first-order valence-electron chi connectivity index (χ1n) is 8.75. The molecule has 0 saturated heterocycles. The molecule has 4 heteroatoms. The van der Waals surface area contributed by atoms with Crippen molar-refractivity contribution in [1.82, 2.24) is 4.98 Å². The van der Waals surface area contributed by atoms with Gasteiger partial charge in [0.2, 0.25) is 0 Å². The third kappa shape index (κ3) is 6.06. The van der Waals surface area contributed by atoms with Gasteiger partial charge >= 0.3 is 5.97 Å². The first-order chi connectivity index (χ1) is 11.0. The number of rotatable bonds is 10. The number of hydrogen-bond donors (Lipinski definition) is 1. The molecule has 130 valence electrons. The summed E-state index contributed by atoms with van der Waals surface area (Å²) < 4.78 is 5.07. The van der Waals surface area contributed by atoms with Gasteiger partial charge in [-0.1, -0.05) is 56.7 Å². The summed E-state index contributed by atoms with van der Waals surface area (Å²) in [7, 11) is 0. The largest absolute Gasteiger partial charge is 0.461 e. The molecule has 0 aliphatic heterocycles. The van der Waals surface area contributed by atoms with E-state index >= 15 is 0 Å². The van der Waals surface area contributed by atoms with Crippen molar-refractivity contribution < 1.29 is 9.53 Å². The molecule has 1 N–H and O–H groups in total. The zero-order valence-electron chi connectivity index (χ0n) is 14.9. The third-order valence-corrected chi connectivity index (χ3v) is 4.38. The Labute approximate surface area is 145 Å². The molecule has 0 aliphatic rings. The monoisotopic (exact) mass is 339 g/mol. The van der Waals surface area contributed by atoms with Crippen LogP contribution in [0.4, 0.5) is 0 Å². The Bertz CT molecular complexity index is 532. The van der Waals surface area contributed by atoms with Crippen LogP contribution in [0.3, 0.4) is 0 Å². The molecule has 1 heterocycles. The smallest absolute Gasteiger partial charge is 0.355 e. The number of aromatic amines is 1. The zero-order chi connectivity index (χ0) is 17.2. The summed E-state index contributed by atoms with van der Waals surface area (Å²) in [5, 5.41) is 0.723. The fraction of sp³-hybridized carbons (Fsp3) is 0.632. The quantitative estimate of drug-likeness (QED) is 0.411. The minimum atomic E-state index is -0.320. The maximum Gasteiger partial charge on any atom is 0.355 e. The normalized spacial score (nSPS) is 11.8. The predicted molar refractivity (Wildman–Crippen MR) is 98.0 cm³/mol. The van der Waals surface area contributed by atoms with Crippen molar-refractivity contribution in [2.24, 2.45) is 0 Å². The second-order valence-corrected chi connectivity index (χ2v) is 6.36. The Hall–Kier alpha value is -1.22. The van der Waals surface area contributed by atoms with Crippen molar-refractivity contribution in [3.05, 3.63) is 28.6 Å². The maximum absolute atomic E-state index is 11.9. The second kappa shape index (κ2) is 10.5. The fourth-order valence-corrected chi connectivity index (χ4v) is 3.16. The minimum absolute atomic E-state index is 0.320. The van der Waals surface area contributed by atoms with Gasteiger partial charge in [-0.3, -0.25) is 0 Å². The summed E-state index contributed by atoms with van der Waals surface area (Å²) in [6, 6.07) is 0. The number of hydrogen-bond acceptors (Lipinski definition) is 2. The molecule has 1 aromatic heterocycles. The van der Waals surface area contributed by atoms with Crippen molar-refractivity contribution in [1.29, 1.82) is 0 Å². The van der Waals surface area contributed by atoms with Crippen LogP contribution in [0.25, 0.3) is 5.03 Å². The number of halogens is 1. The third-order valence-electron chi connectivity index (χ3n) is 4.04. The summed E-state index contributed by atoms with van der Waals surface area (Å²) in [5.74, 6) is -0.320. The molecular formula is C19H30ClNO2. The van der Waals surface area contributed by atoms with Crippen molar-refractivity contribution in [2.75, 3.05) is 6.61 Å². The molecule has 3 nitrogen and oxygen atoms in total. The van der Waals surface area contributed by atoms with Crippen LogP contribution in [0.5, 0.6) is 0 Å². The SMILES string of the molecule is CCCCCCCC/C=C(/Cl)c1c(C)[nH]c(C(=O)OCC)c1C. The van der Waals surface area contributed by atoms with E-state index in [9.17, 15) is 4.79 Å². The molecule has 0 fully saturated rings. The highest BCUT2D eigenvalue weighted by Gasteiger charge is 2.19. The molecule has 0 bridgehead atoms. The highest BCUT2D eigenvalue weighted by Crippen LogP contribution is 2.29. The molecule has 0 saturated carbocycles. The topological polar surface area (TPSA) is 42.1 Å². The number of esters is 1. The second-order valence-electron chi connectivity index (χ2n) is 5.95. The minimum Gasteiger partial charge on any atom is -0.461 e. The Morgan fingerprint density at radius 3 is 2.43 bits per heavy atom. The van der Waals surface area contributed by atoms with E-state index in [0.717, 1.165) is 34.7 Å². The molecule has 1 aromatic rings. The summed E-state index contributed by atoms with van der Waals surface area (Å²) >= 11 is 6.46. The lowest BCUT2D eigenvalue weighted by Crippen LogP contribution is -2.06. The number of H-pyrrole nitrogens is 1. The number of carbonyl (C=O) groups excluding carboxylic acids is 1. The number of aromatic nitrogens is 1. The van der Waals surface area contributed by atoms with Gasteiger partial charge in [-0.05, 0) is 39.2 Å². The van der Waals surface area contributed by atoms with E-state index in [1.807, 2.05) is 13.8 Å². The van der Waals surface area contributed by atoms with Gasteiger partial charge in [0.05, 0.1) is 6.61 Å². The number of unbranched alkanes of at least 4 members (excludes halogenated alkanes) is 6. The molecule has 0 amide bonds. The number of ether oxygens (including phenoxy) is 1. The molecule has 0 spiro atoms. The number of aryl methyl sites for hydroxylation is 1. The van der Waals surface area contributed by atoms with Gasteiger partial charge < -0.3 is 9.72 Å². The number of nitrogens with one attached hydrogen (secondary N) is 1. The van der Waals surface area contributed by atoms with E-state index in [2.05, 4.69) is 18.0 Å². The summed E-state index contributed by atoms with van der Waals surface area (Å²) in [5.41, 5.74) is 3.21. The van der Waals surface area contributed by atoms with E-state index < -0.39 is 0 Å². The van der Waals surface area contributed by atoms with E-state index in [4.69, 9.17) is 16.3 Å². The van der Waals surface area contributed by atoms with Crippen LogP contribution < -0.4 is 0 Å². The highest BCUT2D eigenvalue weighted by atomic mass is 35.5. The van der Waals surface area contributed by atoms with Gasteiger partial charge in [-0.25, -0.2) is 4.79 Å². The number of allylic oxidation sites excluding steroid dienone is 1. The summed E-state index contributed by atoms with van der Waals surface area (Å²) in [4.78, 5) is 15.0. The first kappa shape index (κ1) is 19.8. The number of carbonyl (C=O) groups is 1. The van der Waals surface area contributed by atoms with Gasteiger partial charge in [0, 0.05) is 16.3 Å². The highest BCUT2D eigenvalue weighted by molar-refractivity contribution is 6.49. The summed E-state index contributed by atoms with van der Waals surface area (Å²) in [6.45, 7) is 8.25. The maximum atomic E-state index is 11.9. The van der Waals surface area contributed by atoms with Gasteiger partial charge in [0.25, 0.3) is 0 Å². The van der Waals surface area contributed by atoms with Crippen LogP contribution in [-0.2, 0) is 4.74 Å². The van der Waals surface area contributed by atoms with Gasteiger partial charge in [-0.15, -0.1) is 0 Å². The lowest BCUT2D eigenvalue weighted by molar-refractivity contribution is 0.0519. The average molecular weight is 340 g/mol. The van der Waals surface area contributed by atoms with E-state index in [1.54, 1.807) is 6.92 Å². The molecular weight excluding hydrogens is 310 g/mol. The fourth-order valence-electron chi connectivity index (χ4n) is 2.77. The van der Waals surface area contributed by atoms with Crippen LogP contribution in [0.15, 0.2) is 6.08 Å². The molecule has 0 radical (unpaired) electrons. The predicted octanol–water partition coefficient (Wildman–Crippen LogP) is 6.14. The van der Waals surface area contributed by atoms with Crippen molar-refractivity contribution >= 4 is 22.6 Å². The summed E-state index contributed by atoms with van der Waals surface area (Å²) in [6.07, 6.45) is 10.7. The van der Waals surface area contributed by atoms with E-state index in [-0.39, 0.29) is 5.97 Å². The molecule has 0 aromatic carbocycles. The van der Waals surface area contributed by atoms with Crippen molar-refractivity contribution in [2.45, 2.75) is 72.6 Å². The zero-order valence-corrected chi connectivity index (χ0v) is 15.7. The van der Waals surface area contributed by atoms with Gasteiger partial charge in [-0.2, -0.15) is 0 Å². The van der Waals surface area contributed by atoms with Crippen LogP contribution in [0.1, 0.15) is 86.1 Å². The Morgan fingerprint density at radius 1 is 1.13 bits per heavy atom. The Balaban J connectivity index is 2.63. The Kier molecular flexibility index (Phi) is 9.08. The standard InChI is InChI=1S/C19H30ClNO2/c1-5-7-8-9-10-11-12-13-16(20)17-14(3)18(21-15(17)4)19(22)23-6-2/h13,21H,5-12H2,1-4H3/b16-13+. The lowest BCUT2D eigenvalue weighted by atomic mass is 10.1. The van der Waals surface area contributed by atoms with Crippen LogP contribution >= 0.6 is 11.6 Å². The average Bonchev–Trinajstić information content (AvgIpc) is 2.81. The Morgan fingerprint density at radius 2 is 1.78 bits per heavy atom. The molecule has 0 atom stereocenters.